The summed E-state index contributed by atoms with van der Waals surface area (Å²) in [4.78, 5) is 0. The molecule has 0 aliphatic carbocycles. The summed E-state index contributed by atoms with van der Waals surface area (Å²) in [5, 5.41) is 0. The highest BCUT2D eigenvalue weighted by atomic mass is 28.3. The summed E-state index contributed by atoms with van der Waals surface area (Å²) in [5.41, 5.74) is 0. The molecule has 0 aromatic rings. The minimum absolute atomic E-state index is 0. The Balaban J connectivity index is -0.0000000476. The zero-order chi connectivity index (χ0) is 22.5. The Labute approximate surface area is 178 Å². The predicted molar refractivity (Wildman–Crippen MR) is 153 cm³/mol. The molecular weight excluding hydrogens is 393 g/mol. The summed E-state index contributed by atoms with van der Waals surface area (Å²) >= 11 is 0. The van der Waals surface area contributed by atoms with Gasteiger partial charge in [-0.05, 0) is 0 Å². The fourth-order valence-electron chi connectivity index (χ4n) is 0. The Bertz CT molecular complexity index is 166. The van der Waals surface area contributed by atoms with Crippen LogP contribution in [0.4, 0.5) is 0 Å². The summed E-state index contributed by atoms with van der Waals surface area (Å²) in [6.45, 7) is 46.5. The Morgan fingerprint density at radius 2 is 0.192 bits per heavy atom. The van der Waals surface area contributed by atoms with Crippen molar-refractivity contribution < 1.29 is 0 Å². The molecular formula is C21H64Si5. The molecule has 0 fully saturated rings. The molecule has 26 heavy (non-hydrogen) atoms. The molecule has 0 rings (SSSR count). The van der Waals surface area contributed by atoms with Gasteiger partial charge in [0.2, 0.25) is 0 Å². The Hall–Kier alpha value is 1.08. The average molecular weight is 457 g/mol. The van der Waals surface area contributed by atoms with E-state index in [9.17, 15) is 0 Å². The van der Waals surface area contributed by atoms with E-state index in [1.807, 2.05) is 0 Å². The third-order valence-electron chi connectivity index (χ3n) is 0. The predicted octanol–water partition coefficient (Wildman–Crippen LogP) is 10.4. The van der Waals surface area contributed by atoms with E-state index in [-0.39, 0.29) is 7.43 Å². The van der Waals surface area contributed by atoms with E-state index in [4.69, 9.17) is 0 Å². The first-order valence-corrected chi connectivity index (χ1v) is 30.0. The fourth-order valence-corrected chi connectivity index (χ4v) is 0. The zero-order valence-electron chi connectivity index (χ0n) is 22.5. The summed E-state index contributed by atoms with van der Waals surface area (Å²) in [6.07, 6.45) is 0. The molecule has 0 saturated carbocycles. The SMILES string of the molecule is C.C[Si](C)(C)C.C[Si](C)(C)C.C[Si](C)(C)C.C[Si](C)(C)C.C[Si](C)(C)C. The van der Waals surface area contributed by atoms with Gasteiger partial charge in [-0.2, -0.15) is 0 Å². The molecule has 0 heterocycles. The number of hydrogen-bond acceptors (Lipinski definition) is 0. The van der Waals surface area contributed by atoms with Crippen LogP contribution in [0.2, 0.25) is 131 Å². The molecule has 0 aromatic carbocycles. The van der Waals surface area contributed by atoms with Crippen molar-refractivity contribution in [1.82, 2.24) is 0 Å². The molecule has 0 atom stereocenters. The maximum Gasteiger partial charge on any atom is 0.0411 e. The minimum atomic E-state index is -0.611. The van der Waals surface area contributed by atoms with Crippen LogP contribution in [0.5, 0.6) is 0 Å². The summed E-state index contributed by atoms with van der Waals surface area (Å²) in [7, 11) is -3.06. The molecule has 168 valence electrons. The van der Waals surface area contributed by atoms with Crippen LogP contribution in [0.15, 0.2) is 0 Å². The van der Waals surface area contributed by atoms with Crippen LogP contribution in [-0.2, 0) is 0 Å². The van der Waals surface area contributed by atoms with E-state index >= 15 is 0 Å². The van der Waals surface area contributed by atoms with Gasteiger partial charge in [-0.3, -0.25) is 0 Å². The van der Waals surface area contributed by atoms with E-state index in [0.29, 0.717) is 0 Å². The second-order valence-corrected chi connectivity index (χ2v) is 45.0. The van der Waals surface area contributed by atoms with Crippen LogP contribution in [0.1, 0.15) is 7.43 Å². The van der Waals surface area contributed by atoms with Gasteiger partial charge in [0.25, 0.3) is 0 Å². The molecule has 0 aliphatic rings. The highest BCUT2D eigenvalue weighted by molar-refractivity contribution is 6.76. The van der Waals surface area contributed by atoms with Crippen LogP contribution < -0.4 is 0 Å². The highest BCUT2D eigenvalue weighted by Crippen LogP contribution is 1.96. The fraction of sp³-hybridized carbons (Fsp3) is 1.00. The van der Waals surface area contributed by atoms with Gasteiger partial charge in [0.15, 0.2) is 0 Å². The highest BCUT2D eigenvalue weighted by Gasteiger charge is 2.01. The zero-order valence-corrected chi connectivity index (χ0v) is 27.5. The first kappa shape index (κ1) is 41.5. The lowest BCUT2D eigenvalue weighted by molar-refractivity contribution is 1.71. The van der Waals surface area contributed by atoms with E-state index in [1.54, 1.807) is 0 Å². The van der Waals surface area contributed by atoms with Crippen molar-refractivity contribution in [2.45, 2.75) is 138 Å². The lowest BCUT2D eigenvalue weighted by atomic mass is 11.8. The second kappa shape index (κ2) is 17.0. The molecule has 0 nitrogen and oxygen atoms in total. The summed E-state index contributed by atoms with van der Waals surface area (Å²) in [6, 6.07) is 0. The normalized spacial score (nSPS) is 11.5. The minimum Gasteiger partial charge on any atom is -0.0776 e. The average Bonchev–Trinajstić information content (AvgIpc) is 1.79. The molecule has 0 spiro atoms. The van der Waals surface area contributed by atoms with E-state index in [0.717, 1.165) is 0 Å². The molecule has 0 radical (unpaired) electrons. The third-order valence-corrected chi connectivity index (χ3v) is 0. The maximum absolute atomic E-state index is 2.33. The largest absolute Gasteiger partial charge is 0.0776 e. The van der Waals surface area contributed by atoms with Gasteiger partial charge >= 0.3 is 0 Å². The molecule has 0 aliphatic heterocycles. The number of rotatable bonds is 0. The summed E-state index contributed by atoms with van der Waals surface area (Å²) < 4.78 is 0. The molecule has 5 heteroatoms. The lowest BCUT2D eigenvalue weighted by Gasteiger charge is -2.01. The van der Waals surface area contributed by atoms with Gasteiger partial charge in [0, 0.05) is 40.4 Å². The van der Waals surface area contributed by atoms with Crippen LogP contribution in [0, 0.1) is 0 Å². The van der Waals surface area contributed by atoms with Crippen LogP contribution >= 0.6 is 0 Å². The number of hydrogen-bond donors (Lipinski definition) is 0. The van der Waals surface area contributed by atoms with Crippen LogP contribution in [-0.4, -0.2) is 40.4 Å². The van der Waals surface area contributed by atoms with Gasteiger partial charge in [-0.25, -0.2) is 0 Å². The molecule has 0 saturated heterocycles. The van der Waals surface area contributed by atoms with Crippen LogP contribution in [0.25, 0.3) is 0 Å². The molecule has 0 amide bonds. The Kier molecular flexibility index (Phi) is 27.1. The maximum atomic E-state index is 2.33. The molecule has 0 aromatic heterocycles. The van der Waals surface area contributed by atoms with Crippen molar-refractivity contribution in [1.29, 1.82) is 0 Å². The molecule has 0 bridgehead atoms. The molecule has 0 unspecified atom stereocenters. The van der Waals surface area contributed by atoms with Gasteiger partial charge < -0.3 is 0 Å². The van der Waals surface area contributed by atoms with Crippen molar-refractivity contribution in [3.8, 4) is 0 Å². The Morgan fingerprint density at radius 1 is 0.192 bits per heavy atom. The third kappa shape index (κ3) is 12400. The van der Waals surface area contributed by atoms with E-state index in [2.05, 4.69) is 131 Å². The van der Waals surface area contributed by atoms with Crippen molar-refractivity contribution in [2.75, 3.05) is 0 Å². The first-order valence-electron chi connectivity index (χ1n) is 10.0. The lowest BCUT2D eigenvalue weighted by Crippen LogP contribution is -2.10. The molecule has 0 N–H and O–H groups in total. The second-order valence-electron chi connectivity index (χ2n) is 15.0. The smallest absolute Gasteiger partial charge is 0.0411 e. The summed E-state index contributed by atoms with van der Waals surface area (Å²) in [5.74, 6) is 0. The quantitative estimate of drug-likeness (QED) is 0.318. The van der Waals surface area contributed by atoms with Crippen molar-refractivity contribution in [3.63, 3.8) is 0 Å². The standard InChI is InChI=1S/5C4H12Si.CH4/c5*1-5(2,3)4;/h5*1-4H3;1H4. The van der Waals surface area contributed by atoms with E-state index in [1.165, 1.54) is 0 Å². The van der Waals surface area contributed by atoms with Crippen molar-refractivity contribution >= 4 is 40.4 Å². The van der Waals surface area contributed by atoms with E-state index < -0.39 is 40.4 Å². The van der Waals surface area contributed by atoms with Gasteiger partial charge in [0.1, 0.15) is 0 Å². The topological polar surface area (TPSA) is 0 Å². The monoisotopic (exact) mass is 456 g/mol. The Morgan fingerprint density at radius 3 is 0.192 bits per heavy atom. The first-order chi connectivity index (χ1) is 10.0. The van der Waals surface area contributed by atoms with Gasteiger partial charge in [-0.1, -0.05) is 138 Å². The van der Waals surface area contributed by atoms with Crippen molar-refractivity contribution in [2.24, 2.45) is 0 Å². The van der Waals surface area contributed by atoms with Crippen LogP contribution in [0.3, 0.4) is 0 Å². The van der Waals surface area contributed by atoms with Gasteiger partial charge in [0.05, 0.1) is 0 Å². The van der Waals surface area contributed by atoms with Gasteiger partial charge in [-0.15, -0.1) is 0 Å². The van der Waals surface area contributed by atoms with Crippen molar-refractivity contribution in [3.05, 3.63) is 0 Å².